The smallest absolute Gasteiger partial charge is 0.330 e. The van der Waals surface area contributed by atoms with Crippen LogP contribution in [0.2, 0.25) is 0 Å². The average molecular weight is 658 g/mol. The lowest BCUT2D eigenvalue weighted by atomic mass is 10.0. The lowest BCUT2D eigenvalue weighted by Crippen LogP contribution is -2.41. The number of nitrogens with one attached hydrogen (secondary N) is 2. The normalized spacial score (nSPS) is 18.1. The molecule has 11 nitrogen and oxygen atoms in total. The molecule has 1 aromatic carbocycles. The van der Waals surface area contributed by atoms with Crippen molar-refractivity contribution >= 4 is 11.9 Å². The minimum Gasteiger partial charge on any atom is -0.497 e. The van der Waals surface area contributed by atoms with E-state index >= 15 is 0 Å². The molecule has 1 fully saturated rings. The molecule has 0 spiro atoms. The lowest BCUT2D eigenvalue weighted by Gasteiger charge is -2.25. The standard InChI is InChI=1S/C36H55N3O8/c1-4-5-6-7-8-9-10-11-12-13-14-15-16-17-33(41)37-25-32(45-26-28-18-20-29(44-3)21-19-28)30-24-31(46-27(2)40)35(47-30)39-23-22-34(42)38-36(39)43/h18-23,30-32,35H,4-17,24-26H2,1-3H3,(H,37,41)(H,38,42,43)/t30-,31+,32+,35+/m0/s1. The van der Waals surface area contributed by atoms with Crippen molar-refractivity contribution in [2.75, 3.05) is 13.7 Å². The Morgan fingerprint density at radius 2 is 1.55 bits per heavy atom. The van der Waals surface area contributed by atoms with E-state index in [0.717, 1.165) is 30.6 Å². The summed E-state index contributed by atoms with van der Waals surface area (Å²) >= 11 is 0. The Bertz CT molecular complexity index is 1310. The first-order chi connectivity index (χ1) is 22.8. The summed E-state index contributed by atoms with van der Waals surface area (Å²) in [5, 5.41) is 3.00. The molecule has 1 aliphatic heterocycles. The van der Waals surface area contributed by atoms with E-state index in [-0.39, 0.29) is 25.5 Å². The number of hydrogen-bond acceptors (Lipinski definition) is 8. The lowest BCUT2D eigenvalue weighted by molar-refractivity contribution is -0.153. The van der Waals surface area contributed by atoms with Gasteiger partial charge in [-0.2, -0.15) is 0 Å². The molecule has 0 radical (unpaired) electrons. The fourth-order valence-electron chi connectivity index (χ4n) is 5.93. The number of methoxy groups -OCH3 is 1. The fraction of sp³-hybridized carbons (Fsp3) is 0.667. The molecule has 47 heavy (non-hydrogen) atoms. The number of unbranched alkanes of at least 4 members (excludes halogenated alkanes) is 12. The molecule has 0 bridgehead atoms. The van der Waals surface area contributed by atoms with Crippen LogP contribution in [0, 0.1) is 0 Å². The highest BCUT2D eigenvalue weighted by atomic mass is 16.6. The minimum atomic E-state index is -0.971. The maximum absolute atomic E-state index is 12.8. The van der Waals surface area contributed by atoms with Crippen molar-refractivity contribution in [3.05, 3.63) is 62.9 Å². The molecule has 11 heteroatoms. The maximum atomic E-state index is 12.8. The number of ether oxygens (including phenoxy) is 4. The summed E-state index contributed by atoms with van der Waals surface area (Å²) < 4.78 is 24.5. The van der Waals surface area contributed by atoms with Gasteiger partial charge in [-0.25, -0.2) is 4.79 Å². The highest BCUT2D eigenvalue weighted by Gasteiger charge is 2.43. The highest BCUT2D eigenvalue weighted by Crippen LogP contribution is 2.33. The second-order valence-corrected chi connectivity index (χ2v) is 12.5. The zero-order valence-electron chi connectivity index (χ0n) is 28.5. The number of aromatic amines is 1. The van der Waals surface area contributed by atoms with Crippen LogP contribution in [0.25, 0.3) is 0 Å². The van der Waals surface area contributed by atoms with E-state index in [1.165, 1.54) is 88.0 Å². The molecular weight excluding hydrogens is 602 g/mol. The minimum absolute atomic E-state index is 0.0611. The first kappa shape index (κ1) is 38.0. The number of benzene rings is 1. The molecule has 1 amide bonds. The van der Waals surface area contributed by atoms with Gasteiger partial charge in [-0.05, 0) is 24.1 Å². The van der Waals surface area contributed by atoms with Crippen LogP contribution in [0.3, 0.4) is 0 Å². The van der Waals surface area contributed by atoms with E-state index < -0.39 is 41.8 Å². The number of aromatic nitrogens is 2. The Kier molecular flexibility index (Phi) is 17.3. The van der Waals surface area contributed by atoms with Gasteiger partial charge in [-0.15, -0.1) is 0 Å². The van der Waals surface area contributed by atoms with Crippen molar-refractivity contribution in [3.63, 3.8) is 0 Å². The summed E-state index contributed by atoms with van der Waals surface area (Å²) in [6.07, 6.45) is 15.2. The topological polar surface area (TPSA) is 138 Å². The molecule has 0 unspecified atom stereocenters. The molecule has 4 atom stereocenters. The van der Waals surface area contributed by atoms with Crippen LogP contribution in [0.4, 0.5) is 0 Å². The maximum Gasteiger partial charge on any atom is 0.330 e. The van der Waals surface area contributed by atoms with Gasteiger partial charge in [0.05, 0.1) is 19.8 Å². The number of rotatable bonds is 23. The van der Waals surface area contributed by atoms with E-state index in [1.807, 2.05) is 24.3 Å². The summed E-state index contributed by atoms with van der Waals surface area (Å²) in [5.41, 5.74) is -0.323. The molecule has 0 aliphatic carbocycles. The molecule has 3 rings (SSSR count). The number of hydrogen-bond donors (Lipinski definition) is 2. The van der Waals surface area contributed by atoms with Crippen molar-refractivity contribution < 1.29 is 28.5 Å². The monoisotopic (exact) mass is 657 g/mol. The third-order valence-corrected chi connectivity index (χ3v) is 8.59. The second kappa shape index (κ2) is 21.4. The predicted molar refractivity (Wildman–Crippen MR) is 180 cm³/mol. The van der Waals surface area contributed by atoms with Crippen LogP contribution >= 0.6 is 0 Å². The van der Waals surface area contributed by atoms with Crippen molar-refractivity contribution in [2.45, 2.75) is 141 Å². The number of carbonyl (C=O) groups is 2. The third-order valence-electron chi connectivity index (χ3n) is 8.59. The number of nitrogens with zero attached hydrogens (tertiary/aromatic N) is 1. The van der Waals surface area contributed by atoms with Gasteiger partial charge in [0.1, 0.15) is 18.0 Å². The van der Waals surface area contributed by atoms with Crippen molar-refractivity contribution in [1.82, 2.24) is 14.9 Å². The summed E-state index contributed by atoms with van der Waals surface area (Å²) in [6, 6.07) is 8.67. The van der Waals surface area contributed by atoms with Crippen LogP contribution in [0.15, 0.2) is 46.1 Å². The van der Waals surface area contributed by atoms with Crippen molar-refractivity contribution in [1.29, 1.82) is 0 Å². The Morgan fingerprint density at radius 3 is 2.13 bits per heavy atom. The highest BCUT2D eigenvalue weighted by molar-refractivity contribution is 5.75. The molecule has 1 aliphatic rings. The SMILES string of the molecule is CCCCCCCCCCCCCCCC(=O)NC[C@@H](OCc1ccc(OC)cc1)[C@@H]1C[C@@H](OC(C)=O)[C@H](n2ccc(=O)[nH]c2=O)O1. The van der Waals surface area contributed by atoms with Crippen LogP contribution in [0.1, 0.15) is 122 Å². The molecule has 1 aromatic heterocycles. The van der Waals surface area contributed by atoms with Crippen LogP contribution < -0.4 is 21.3 Å². The van der Waals surface area contributed by atoms with Gasteiger partial charge in [-0.1, -0.05) is 96.1 Å². The van der Waals surface area contributed by atoms with Crippen LogP contribution in [-0.2, 0) is 30.4 Å². The van der Waals surface area contributed by atoms with E-state index in [9.17, 15) is 19.2 Å². The zero-order valence-corrected chi connectivity index (χ0v) is 28.5. The Labute approximate surface area is 278 Å². The number of esters is 1. The zero-order chi connectivity index (χ0) is 33.9. The largest absolute Gasteiger partial charge is 0.497 e. The van der Waals surface area contributed by atoms with Crippen molar-refractivity contribution in [2.24, 2.45) is 0 Å². The third kappa shape index (κ3) is 14.1. The summed E-state index contributed by atoms with van der Waals surface area (Å²) in [7, 11) is 1.60. The number of amides is 1. The Morgan fingerprint density at radius 1 is 0.936 bits per heavy atom. The van der Waals surface area contributed by atoms with E-state index in [4.69, 9.17) is 18.9 Å². The molecule has 2 aromatic rings. The van der Waals surface area contributed by atoms with Crippen molar-refractivity contribution in [3.8, 4) is 5.75 Å². The summed E-state index contributed by atoms with van der Waals surface area (Å²) in [5.74, 6) is 0.140. The second-order valence-electron chi connectivity index (χ2n) is 12.5. The molecule has 1 saturated heterocycles. The first-order valence-corrected chi connectivity index (χ1v) is 17.5. The number of H-pyrrole nitrogens is 1. The molecule has 2 N–H and O–H groups in total. The molecular formula is C36H55N3O8. The first-order valence-electron chi connectivity index (χ1n) is 17.5. The van der Waals surface area contributed by atoms with Gasteiger partial charge < -0.3 is 24.3 Å². The molecule has 0 saturated carbocycles. The molecule has 262 valence electrons. The number of carbonyl (C=O) groups excluding carboxylic acids is 2. The Hall–Kier alpha value is -3.44. The Balaban J connectivity index is 1.50. The van der Waals surface area contributed by atoms with Gasteiger partial charge in [0.2, 0.25) is 5.91 Å². The molecule has 2 heterocycles. The fourth-order valence-corrected chi connectivity index (χ4v) is 5.93. The van der Waals surface area contributed by atoms with Gasteiger partial charge in [0.15, 0.2) is 6.23 Å². The quantitative estimate of drug-likeness (QED) is 0.111. The van der Waals surface area contributed by atoms with E-state index in [2.05, 4.69) is 17.2 Å². The van der Waals surface area contributed by atoms with Gasteiger partial charge >= 0.3 is 11.7 Å². The predicted octanol–water partition coefficient (Wildman–Crippen LogP) is 5.95. The van der Waals surface area contributed by atoms with Crippen LogP contribution in [0.5, 0.6) is 5.75 Å². The van der Waals surface area contributed by atoms with E-state index in [1.54, 1.807) is 7.11 Å². The summed E-state index contributed by atoms with van der Waals surface area (Å²) in [6.45, 7) is 3.96. The van der Waals surface area contributed by atoms with Gasteiger partial charge in [0.25, 0.3) is 5.56 Å². The van der Waals surface area contributed by atoms with Gasteiger partial charge in [0, 0.05) is 38.6 Å². The summed E-state index contributed by atoms with van der Waals surface area (Å²) in [4.78, 5) is 51.2. The van der Waals surface area contributed by atoms with Crippen LogP contribution in [-0.4, -0.2) is 53.4 Å². The van der Waals surface area contributed by atoms with E-state index in [0.29, 0.717) is 6.42 Å². The van der Waals surface area contributed by atoms with Gasteiger partial charge in [-0.3, -0.25) is 23.9 Å². The average Bonchev–Trinajstić information content (AvgIpc) is 3.45.